The SMILES string of the molecule is CCOC(=O)c1ccc(C(=O)C(C)C)c(OCC)c1. The Morgan fingerprint density at radius 1 is 1.16 bits per heavy atom. The first-order valence-electron chi connectivity index (χ1n) is 6.49. The van der Waals surface area contributed by atoms with Gasteiger partial charge in [-0.25, -0.2) is 4.79 Å². The number of ether oxygens (including phenoxy) is 2. The van der Waals surface area contributed by atoms with Gasteiger partial charge < -0.3 is 9.47 Å². The van der Waals surface area contributed by atoms with Gasteiger partial charge in [0.15, 0.2) is 5.78 Å². The lowest BCUT2D eigenvalue weighted by molar-refractivity contribution is 0.0525. The van der Waals surface area contributed by atoms with Crippen molar-refractivity contribution in [2.75, 3.05) is 13.2 Å². The number of Topliss-reactive ketones (excluding diaryl/α,β-unsaturated/α-hetero) is 1. The van der Waals surface area contributed by atoms with E-state index < -0.39 is 5.97 Å². The van der Waals surface area contributed by atoms with Gasteiger partial charge in [0.1, 0.15) is 5.75 Å². The molecule has 0 spiro atoms. The molecule has 0 saturated carbocycles. The second kappa shape index (κ2) is 6.92. The number of ketones is 1. The molecular formula is C15H20O4. The highest BCUT2D eigenvalue weighted by atomic mass is 16.5. The topological polar surface area (TPSA) is 52.6 Å². The summed E-state index contributed by atoms with van der Waals surface area (Å²) in [5, 5.41) is 0. The molecule has 0 atom stereocenters. The summed E-state index contributed by atoms with van der Waals surface area (Å²) in [6, 6.07) is 4.78. The fourth-order valence-corrected chi connectivity index (χ4v) is 1.65. The maximum absolute atomic E-state index is 12.1. The van der Waals surface area contributed by atoms with Gasteiger partial charge in [0.25, 0.3) is 0 Å². The van der Waals surface area contributed by atoms with E-state index in [9.17, 15) is 9.59 Å². The summed E-state index contributed by atoms with van der Waals surface area (Å²) in [4.78, 5) is 23.7. The lowest BCUT2D eigenvalue weighted by Gasteiger charge is -2.12. The Kier molecular flexibility index (Phi) is 5.55. The molecule has 0 amide bonds. The number of hydrogen-bond acceptors (Lipinski definition) is 4. The monoisotopic (exact) mass is 264 g/mol. The summed E-state index contributed by atoms with van der Waals surface area (Å²) in [5.41, 5.74) is 0.899. The molecule has 0 unspecified atom stereocenters. The molecule has 0 heterocycles. The second-order valence-corrected chi connectivity index (χ2v) is 4.38. The first kappa shape index (κ1) is 15.2. The van der Waals surface area contributed by atoms with Gasteiger partial charge in [-0.05, 0) is 32.0 Å². The Labute approximate surface area is 113 Å². The minimum Gasteiger partial charge on any atom is -0.493 e. The van der Waals surface area contributed by atoms with Crippen molar-refractivity contribution in [2.45, 2.75) is 27.7 Å². The van der Waals surface area contributed by atoms with Gasteiger partial charge in [0.2, 0.25) is 0 Å². The van der Waals surface area contributed by atoms with Crippen molar-refractivity contribution in [3.63, 3.8) is 0 Å². The van der Waals surface area contributed by atoms with Crippen molar-refractivity contribution in [3.05, 3.63) is 29.3 Å². The zero-order chi connectivity index (χ0) is 14.4. The molecule has 4 heteroatoms. The van der Waals surface area contributed by atoms with Crippen LogP contribution >= 0.6 is 0 Å². The number of carbonyl (C=O) groups is 2. The summed E-state index contributed by atoms with van der Waals surface area (Å²) < 4.78 is 10.4. The minimum atomic E-state index is -0.410. The van der Waals surface area contributed by atoms with Crippen LogP contribution in [0.25, 0.3) is 0 Å². The number of esters is 1. The Bertz CT molecular complexity index is 463. The van der Waals surface area contributed by atoms with Crippen LogP contribution in [0.5, 0.6) is 5.75 Å². The summed E-state index contributed by atoms with van der Waals surface area (Å²) in [5.74, 6) is -0.0924. The van der Waals surface area contributed by atoms with Crippen LogP contribution in [0.1, 0.15) is 48.4 Å². The quantitative estimate of drug-likeness (QED) is 0.585. The van der Waals surface area contributed by atoms with Crippen LogP contribution in [-0.4, -0.2) is 25.0 Å². The number of benzene rings is 1. The predicted octanol–water partition coefficient (Wildman–Crippen LogP) is 3.10. The minimum absolute atomic E-state index is 0.00106. The molecular weight excluding hydrogens is 244 g/mol. The van der Waals surface area contributed by atoms with Gasteiger partial charge in [-0.2, -0.15) is 0 Å². The van der Waals surface area contributed by atoms with Crippen LogP contribution in [0.15, 0.2) is 18.2 Å². The average molecular weight is 264 g/mol. The van der Waals surface area contributed by atoms with E-state index in [1.807, 2.05) is 20.8 Å². The number of carbonyl (C=O) groups excluding carboxylic acids is 2. The third kappa shape index (κ3) is 3.81. The van der Waals surface area contributed by atoms with Crippen LogP contribution in [0, 0.1) is 5.92 Å². The molecule has 0 aromatic heterocycles. The van der Waals surface area contributed by atoms with Crippen molar-refractivity contribution in [1.82, 2.24) is 0 Å². The molecule has 0 aliphatic carbocycles. The second-order valence-electron chi connectivity index (χ2n) is 4.38. The molecule has 0 radical (unpaired) electrons. The lowest BCUT2D eigenvalue weighted by Crippen LogP contribution is -2.12. The summed E-state index contributed by atoms with van der Waals surface area (Å²) in [6.45, 7) is 7.99. The highest BCUT2D eigenvalue weighted by Gasteiger charge is 2.18. The van der Waals surface area contributed by atoms with Gasteiger partial charge in [-0.1, -0.05) is 13.8 Å². The smallest absolute Gasteiger partial charge is 0.338 e. The molecule has 104 valence electrons. The fourth-order valence-electron chi connectivity index (χ4n) is 1.65. The molecule has 1 rings (SSSR count). The fraction of sp³-hybridized carbons (Fsp3) is 0.467. The van der Waals surface area contributed by atoms with Crippen molar-refractivity contribution >= 4 is 11.8 Å². The lowest BCUT2D eigenvalue weighted by atomic mass is 9.99. The molecule has 0 N–H and O–H groups in total. The van der Waals surface area contributed by atoms with E-state index in [0.29, 0.717) is 30.1 Å². The largest absolute Gasteiger partial charge is 0.493 e. The van der Waals surface area contributed by atoms with Crippen molar-refractivity contribution in [3.8, 4) is 5.75 Å². The highest BCUT2D eigenvalue weighted by molar-refractivity contribution is 6.01. The Morgan fingerprint density at radius 2 is 1.84 bits per heavy atom. The molecule has 0 fully saturated rings. The molecule has 0 aliphatic heterocycles. The standard InChI is InChI=1S/C15H20O4/c1-5-18-13-9-11(15(17)19-6-2)7-8-12(13)14(16)10(3)4/h7-10H,5-6H2,1-4H3. The highest BCUT2D eigenvalue weighted by Crippen LogP contribution is 2.24. The summed E-state index contributed by atoms with van der Waals surface area (Å²) in [6.07, 6.45) is 0. The van der Waals surface area contributed by atoms with Gasteiger partial charge in [-0.15, -0.1) is 0 Å². The maximum atomic E-state index is 12.1. The van der Waals surface area contributed by atoms with E-state index in [1.54, 1.807) is 25.1 Å². The van der Waals surface area contributed by atoms with E-state index in [4.69, 9.17) is 9.47 Å². The van der Waals surface area contributed by atoms with Crippen LogP contribution < -0.4 is 4.74 Å². The third-order valence-corrected chi connectivity index (χ3v) is 2.58. The molecule has 0 bridgehead atoms. The maximum Gasteiger partial charge on any atom is 0.338 e. The van der Waals surface area contributed by atoms with Gasteiger partial charge in [0.05, 0.1) is 24.3 Å². The Hall–Kier alpha value is -1.84. The van der Waals surface area contributed by atoms with Crippen LogP contribution in [0.3, 0.4) is 0 Å². The zero-order valence-corrected chi connectivity index (χ0v) is 11.9. The van der Waals surface area contributed by atoms with E-state index in [1.165, 1.54) is 0 Å². The van der Waals surface area contributed by atoms with E-state index in [2.05, 4.69) is 0 Å². The summed E-state index contributed by atoms with van der Waals surface area (Å²) in [7, 11) is 0. The first-order chi connectivity index (χ1) is 9.01. The average Bonchev–Trinajstić information content (AvgIpc) is 2.38. The van der Waals surface area contributed by atoms with Crippen molar-refractivity contribution in [2.24, 2.45) is 5.92 Å². The van der Waals surface area contributed by atoms with Crippen LogP contribution in [0.4, 0.5) is 0 Å². The van der Waals surface area contributed by atoms with E-state index >= 15 is 0 Å². The van der Waals surface area contributed by atoms with Gasteiger partial charge in [-0.3, -0.25) is 4.79 Å². The third-order valence-electron chi connectivity index (χ3n) is 2.58. The molecule has 1 aromatic carbocycles. The predicted molar refractivity (Wildman–Crippen MR) is 72.7 cm³/mol. The van der Waals surface area contributed by atoms with Gasteiger partial charge in [0, 0.05) is 5.92 Å². The van der Waals surface area contributed by atoms with Crippen molar-refractivity contribution < 1.29 is 19.1 Å². The first-order valence-corrected chi connectivity index (χ1v) is 6.49. The van der Waals surface area contributed by atoms with E-state index in [0.717, 1.165) is 0 Å². The molecule has 0 aliphatic rings. The molecule has 19 heavy (non-hydrogen) atoms. The number of hydrogen-bond donors (Lipinski definition) is 0. The number of rotatable bonds is 6. The summed E-state index contributed by atoms with van der Waals surface area (Å²) >= 11 is 0. The van der Waals surface area contributed by atoms with Crippen LogP contribution in [0.2, 0.25) is 0 Å². The molecule has 4 nitrogen and oxygen atoms in total. The van der Waals surface area contributed by atoms with Crippen molar-refractivity contribution in [1.29, 1.82) is 0 Å². The molecule has 0 saturated heterocycles. The molecule has 1 aromatic rings. The Morgan fingerprint density at radius 3 is 2.37 bits per heavy atom. The zero-order valence-electron chi connectivity index (χ0n) is 11.9. The van der Waals surface area contributed by atoms with Crippen LogP contribution in [-0.2, 0) is 4.74 Å². The normalized spacial score (nSPS) is 10.4. The van der Waals surface area contributed by atoms with Gasteiger partial charge >= 0.3 is 5.97 Å². The Balaban J connectivity index is 3.14. The van der Waals surface area contributed by atoms with E-state index in [-0.39, 0.29) is 11.7 Å².